The van der Waals surface area contributed by atoms with Crippen molar-refractivity contribution in [2.24, 2.45) is 16.7 Å². The summed E-state index contributed by atoms with van der Waals surface area (Å²) in [4.78, 5) is 0. The molecular formula is C11H23NO2. The summed E-state index contributed by atoms with van der Waals surface area (Å²) in [5.41, 5.74) is 0.786. The second-order valence-corrected chi connectivity index (χ2v) is 5.49. The number of hydrogen-bond acceptors (Lipinski definition) is 3. The van der Waals surface area contributed by atoms with Crippen molar-refractivity contribution in [2.45, 2.75) is 33.8 Å². The van der Waals surface area contributed by atoms with E-state index in [0.717, 1.165) is 6.54 Å². The molecule has 0 aromatic rings. The molecule has 14 heavy (non-hydrogen) atoms. The molecule has 1 aliphatic rings. The molecule has 3 nitrogen and oxygen atoms in total. The molecule has 3 heteroatoms. The molecule has 1 saturated carbocycles. The molecule has 0 heterocycles. The van der Waals surface area contributed by atoms with Gasteiger partial charge in [0.15, 0.2) is 0 Å². The Balaban J connectivity index is 2.22. The van der Waals surface area contributed by atoms with Crippen LogP contribution in [0.4, 0.5) is 0 Å². The zero-order valence-corrected chi connectivity index (χ0v) is 9.67. The van der Waals surface area contributed by atoms with Crippen molar-refractivity contribution >= 4 is 0 Å². The number of hydrogen-bond donors (Lipinski definition) is 3. The number of rotatable bonds is 5. The molecule has 0 radical (unpaired) electrons. The summed E-state index contributed by atoms with van der Waals surface area (Å²) in [6.45, 7) is 10.4. The Morgan fingerprint density at radius 1 is 1.21 bits per heavy atom. The topological polar surface area (TPSA) is 52.5 Å². The average molecular weight is 201 g/mol. The average Bonchev–Trinajstić information content (AvgIpc) is 2.47. The quantitative estimate of drug-likeness (QED) is 0.611. The fourth-order valence-corrected chi connectivity index (χ4v) is 2.30. The van der Waals surface area contributed by atoms with Crippen LogP contribution in [0.3, 0.4) is 0 Å². The first kappa shape index (κ1) is 12.0. The summed E-state index contributed by atoms with van der Waals surface area (Å²) in [6.07, 6.45) is -0.625. The minimum absolute atomic E-state index is 0.162. The third-order valence-corrected chi connectivity index (χ3v) is 4.26. The van der Waals surface area contributed by atoms with Crippen LogP contribution in [0.15, 0.2) is 0 Å². The van der Waals surface area contributed by atoms with E-state index in [1.54, 1.807) is 0 Å². The third-order valence-electron chi connectivity index (χ3n) is 4.26. The van der Waals surface area contributed by atoms with Crippen LogP contribution < -0.4 is 5.32 Å². The van der Waals surface area contributed by atoms with Crippen LogP contribution in [0, 0.1) is 16.7 Å². The molecule has 0 aromatic heterocycles. The fraction of sp³-hybridized carbons (Fsp3) is 1.00. The van der Waals surface area contributed by atoms with Gasteiger partial charge in [0.1, 0.15) is 0 Å². The molecule has 84 valence electrons. The lowest BCUT2D eigenvalue weighted by Gasteiger charge is -2.09. The van der Waals surface area contributed by atoms with Gasteiger partial charge in [-0.25, -0.2) is 0 Å². The summed E-state index contributed by atoms with van der Waals surface area (Å²) < 4.78 is 0. The van der Waals surface area contributed by atoms with E-state index in [9.17, 15) is 0 Å². The predicted octanol–water partition coefficient (Wildman–Crippen LogP) is 0.611. The Morgan fingerprint density at radius 3 is 2.07 bits per heavy atom. The van der Waals surface area contributed by atoms with Crippen molar-refractivity contribution in [3.05, 3.63) is 0 Å². The molecule has 0 aliphatic heterocycles. The molecule has 1 fully saturated rings. The minimum Gasteiger partial charge on any atom is -0.394 e. The van der Waals surface area contributed by atoms with Gasteiger partial charge in [-0.3, -0.25) is 0 Å². The Morgan fingerprint density at radius 2 is 1.71 bits per heavy atom. The summed E-state index contributed by atoms with van der Waals surface area (Å²) >= 11 is 0. The minimum atomic E-state index is -0.625. The highest BCUT2D eigenvalue weighted by Gasteiger charge is 2.63. The summed E-state index contributed by atoms with van der Waals surface area (Å²) in [7, 11) is 0. The van der Waals surface area contributed by atoms with Gasteiger partial charge in [0.25, 0.3) is 0 Å². The molecule has 0 spiro atoms. The van der Waals surface area contributed by atoms with Crippen molar-refractivity contribution < 1.29 is 10.2 Å². The largest absolute Gasteiger partial charge is 0.394 e. The lowest BCUT2D eigenvalue weighted by molar-refractivity contribution is 0.0940. The van der Waals surface area contributed by atoms with Gasteiger partial charge in [0.2, 0.25) is 0 Å². The normalized spacial score (nSPS) is 26.1. The summed E-state index contributed by atoms with van der Waals surface area (Å²) in [5, 5.41) is 21.0. The van der Waals surface area contributed by atoms with E-state index in [1.807, 2.05) is 0 Å². The molecular weight excluding hydrogens is 178 g/mol. The summed E-state index contributed by atoms with van der Waals surface area (Å²) in [6, 6.07) is 0. The van der Waals surface area contributed by atoms with E-state index < -0.39 is 6.10 Å². The number of aliphatic hydroxyl groups is 2. The van der Waals surface area contributed by atoms with Gasteiger partial charge >= 0.3 is 0 Å². The molecule has 0 amide bonds. The predicted molar refractivity (Wildman–Crippen MR) is 57.0 cm³/mol. The van der Waals surface area contributed by atoms with Gasteiger partial charge in [-0.05, 0) is 23.3 Å². The van der Waals surface area contributed by atoms with Crippen LogP contribution in [0.1, 0.15) is 27.7 Å². The zero-order chi connectivity index (χ0) is 11.0. The molecule has 3 N–H and O–H groups in total. The van der Waals surface area contributed by atoms with Gasteiger partial charge in [0, 0.05) is 6.54 Å². The zero-order valence-electron chi connectivity index (χ0n) is 9.67. The fourth-order valence-electron chi connectivity index (χ4n) is 2.30. The van der Waals surface area contributed by atoms with Crippen LogP contribution in [-0.2, 0) is 0 Å². The van der Waals surface area contributed by atoms with Gasteiger partial charge in [-0.1, -0.05) is 27.7 Å². The Labute approximate surface area is 86.5 Å². The van der Waals surface area contributed by atoms with Crippen LogP contribution in [0.5, 0.6) is 0 Å². The Hall–Kier alpha value is -0.120. The van der Waals surface area contributed by atoms with Gasteiger partial charge < -0.3 is 15.5 Å². The third kappa shape index (κ3) is 1.95. The molecule has 0 bridgehead atoms. The van der Waals surface area contributed by atoms with Gasteiger partial charge in [-0.15, -0.1) is 0 Å². The van der Waals surface area contributed by atoms with Crippen LogP contribution in [0.25, 0.3) is 0 Å². The van der Waals surface area contributed by atoms with E-state index in [-0.39, 0.29) is 6.61 Å². The van der Waals surface area contributed by atoms with Crippen LogP contribution in [0.2, 0.25) is 0 Å². The summed E-state index contributed by atoms with van der Waals surface area (Å²) in [5.74, 6) is 0.667. The standard InChI is InChI=1S/C11H23NO2/c1-10(2)9(11(10,3)4)6-12-5-8(14)7-13/h8-9,12-14H,5-7H2,1-4H3. The smallest absolute Gasteiger partial charge is 0.0894 e. The maximum Gasteiger partial charge on any atom is 0.0894 e. The number of nitrogens with one attached hydrogen (secondary N) is 1. The Kier molecular flexibility index (Phi) is 3.24. The van der Waals surface area contributed by atoms with Crippen molar-refractivity contribution in [2.75, 3.05) is 19.7 Å². The van der Waals surface area contributed by atoms with Crippen molar-refractivity contribution in [3.8, 4) is 0 Å². The maximum absolute atomic E-state index is 9.14. The van der Waals surface area contributed by atoms with E-state index >= 15 is 0 Å². The van der Waals surface area contributed by atoms with Crippen LogP contribution >= 0.6 is 0 Å². The van der Waals surface area contributed by atoms with Gasteiger partial charge in [0.05, 0.1) is 12.7 Å². The molecule has 1 aliphatic carbocycles. The van der Waals surface area contributed by atoms with E-state index in [4.69, 9.17) is 10.2 Å². The van der Waals surface area contributed by atoms with E-state index in [0.29, 0.717) is 23.3 Å². The van der Waals surface area contributed by atoms with Crippen molar-refractivity contribution in [1.29, 1.82) is 0 Å². The monoisotopic (exact) mass is 201 g/mol. The first-order valence-corrected chi connectivity index (χ1v) is 5.33. The van der Waals surface area contributed by atoms with Crippen molar-refractivity contribution in [1.82, 2.24) is 5.32 Å². The Bertz CT molecular complexity index is 187. The first-order valence-electron chi connectivity index (χ1n) is 5.33. The van der Waals surface area contributed by atoms with Crippen molar-refractivity contribution in [3.63, 3.8) is 0 Å². The highest BCUT2D eigenvalue weighted by Crippen LogP contribution is 2.67. The lowest BCUT2D eigenvalue weighted by atomic mass is 10.0. The molecule has 1 rings (SSSR count). The maximum atomic E-state index is 9.14. The highest BCUT2D eigenvalue weighted by atomic mass is 16.3. The SMILES string of the molecule is CC1(C)C(CNCC(O)CO)C1(C)C. The molecule has 1 atom stereocenters. The van der Waals surface area contributed by atoms with Crippen LogP contribution in [-0.4, -0.2) is 36.0 Å². The number of aliphatic hydroxyl groups excluding tert-OH is 2. The van der Waals surface area contributed by atoms with E-state index in [1.165, 1.54) is 0 Å². The highest BCUT2D eigenvalue weighted by molar-refractivity contribution is 5.12. The molecule has 1 unspecified atom stereocenters. The van der Waals surface area contributed by atoms with Gasteiger partial charge in [-0.2, -0.15) is 0 Å². The molecule has 0 aromatic carbocycles. The lowest BCUT2D eigenvalue weighted by Crippen LogP contribution is -2.31. The second-order valence-electron chi connectivity index (χ2n) is 5.49. The van der Waals surface area contributed by atoms with E-state index in [2.05, 4.69) is 33.0 Å². The second kappa shape index (κ2) is 3.80. The molecule has 0 saturated heterocycles. The first-order chi connectivity index (χ1) is 6.34.